The van der Waals surface area contributed by atoms with Crippen LogP contribution in [0.25, 0.3) is 11.4 Å². The lowest BCUT2D eigenvalue weighted by atomic mass is 10.2. The highest BCUT2D eigenvalue weighted by molar-refractivity contribution is 7.89. The number of nitro benzene ring substituents is 1. The summed E-state index contributed by atoms with van der Waals surface area (Å²) in [6, 6.07) is 10.7. The summed E-state index contributed by atoms with van der Waals surface area (Å²) in [7, 11) is -3.67. The van der Waals surface area contributed by atoms with Gasteiger partial charge in [0, 0.05) is 49.9 Å². The largest absolute Gasteiger partial charge is 0.486 e. The van der Waals surface area contributed by atoms with Crippen LogP contribution in [-0.2, 0) is 16.6 Å². The summed E-state index contributed by atoms with van der Waals surface area (Å²) in [4.78, 5) is 17.0. The molecule has 0 aliphatic carbocycles. The van der Waals surface area contributed by atoms with E-state index in [-0.39, 0.29) is 16.4 Å². The Bertz CT molecular complexity index is 1320. The van der Waals surface area contributed by atoms with Crippen LogP contribution in [0.3, 0.4) is 0 Å². The quantitative estimate of drug-likeness (QED) is 0.374. The molecule has 0 amide bonds. The Kier molecular flexibility index (Phi) is 5.89. The molecule has 3 heterocycles. The standard InChI is InChI=1S/C21H21N5O7S/c27-26(28)16-3-1-2-15(12-16)21-22-20(33-23-21)14-24-6-8-25(9-7-24)34(29,30)17-4-5-18-19(13-17)32-11-10-31-18/h1-5,12-13H,6-11,14H2. The molecule has 1 fully saturated rings. The molecule has 2 aliphatic rings. The summed E-state index contributed by atoms with van der Waals surface area (Å²) in [5, 5.41) is 14.9. The Balaban J connectivity index is 1.21. The molecule has 0 unspecified atom stereocenters. The molecule has 34 heavy (non-hydrogen) atoms. The summed E-state index contributed by atoms with van der Waals surface area (Å²) in [6.45, 7) is 2.75. The molecule has 0 N–H and O–H groups in total. The van der Waals surface area contributed by atoms with Crippen molar-refractivity contribution in [2.75, 3.05) is 39.4 Å². The van der Waals surface area contributed by atoms with E-state index in [0.29, 0.717) is 68.9 Å². The van der Waals surface area contributed by atoms with Crippen molar-refractivity contribution in [2.24, 2.45) is 0 Å². The maximum absolute atomic E-state index is 13.1. The third-order valence-electron chi connectivity index (χ3n) is 5.62. The van der Waals surface area contributed by atoms with Gasteiger partial charge in [0.25, 0.3) is 5.69 Å². The summed E-state index contributed by atoms with van der Waals surface area (Å²) in [6.07, 6.45) is 0. The molecular weight excluding hydrogens is 466 g/mol. The fourth-order valence-corrected chi connectivity index (χ4v) is 5.29. The average Bonchev–Trinajstić information content (AvgIpc) is 3.32. The van der Waals surface area contributed by atoms with Crippen molar-refractivity contribution in [1.82, 2.24) is 19.3 Å². The van der Waals surface area contributed by atoms with Crippen LogP contribution in [-0.4, -0.2) is 72.1 Å². The number of fused-ring (bicyclic) bond motifs is 1. The van der Waals surface area contributed by atoms with Crippen molar-refractivity contribution in [1.29, 1.82) is 0 Å². The highest BCUT2D eigenvalue weighted by Crippen LogP contribution is 2.33. The minimum absolute atomic E-state index is 0.0563. The van der Waals surface area contributed by atoms with E-state index in [2.05, 4.69) is 10.1 Å². The second-order valence-corrected chi connectivity index (χ2v) is 9.74. The van der Waals surface area contributed by atoms with Crippen LogP contribution in [0.2, 0.25) is 0 Å². The number of nitrogens with zero attached hydrogens (tertiary/aromatic N) is 5. The maximum Gasteiger partial charge on any atom is 0.270 e. The van der Waals surface area contributed by atoms with Crippen molar-refractivity contribution in [3.63, 3.8) is 0 Å². The summed E-state index contributed by atoms with van der Waals surface area (Å²) in [5.74, 6) is 1.59. The van der Waals surface area contributed by atoms with Gasteiger partial charge in [-0.05, 0) is 12.1 Å². The van der Waals surface area contributed by atoms with Gasteiger partial charge >= 0.3 is 0 Å². The Morgan fingerprint density at radius 2 is 1.76 bits per heavy atom. The predicted molar refractivity (Wildman–Crippen MR) is 118 cm³/mol. The van der Waals surface area contributed by atoms with Crippen molar-refractivity contribution in [2.45, 2.75) is 11.4 Å². The van der Waals surface area contributed by atoms with Gasteiger partial charge < -0.3 is 14.0 Å². The van der Waals surface area contributed by atoms with E-state index in [1.54, 1.807) is 18.2 Å². The second-order valence-electron chi connectivity index (χ2n) is 7.80. The van der Waals surface area contributed by atoms with Crippen LogP contribution < -0.4 is 9.47 Å². The molecule has 12 nitrogen and oxygen atoms in total. The van der Waals surface area contributed by atoms with E-state index in [4.69, 9.17) is 14.0 Å². The van der Waals surface area contributed by atoms with Crippen LogP contribution in [0.1, 0.15) is 5.89 Å². The van der Waals surface area contributed by atoms with E-state index >= 15 is 0 Å². The number of nitro groups is 1. The topological polar surface area (TPSA) is 141 Å². The Hall–Kier alpha value is -3.55. The molecule has 0 bridgehead atoms. The number of hydrogen-bond acceptors (Lipinski definition) is 10. The van der Waals surface area contributed by atoms with Crippen LogP contribution in [0, 0.1) is 10.1 Å². The van der Waals surface area contributed by atoms with Gasteiger partial charge in [0.1, 0.15) is 13.2 Å². The van der Waals surface area contributed by atoms with Crippen LogP contribution >= 0.6 is 0 Å². The van der Waals surface area contributed by atoms with Gasteiger partial charge in [0.15, 0.2) is 11.5 Å². The molecule has 0 saturated carbocycles. The summed E-state index contributed by atoms with van der Waals surface area (Å²) < 4.78 is 43.9. The molecule has 0 atom stereocenters. The molecule has 178 valence electrons. The first-order valence-corrected chi connectivity index (χ1v) is 12.0. The van der Waals surface area contributed by atoms with Gasteiger partial charge in [-0.15, -0.1) is 0 Å². The summed E-state index contributed by atoms with van der Waals surface area (Å²) >= 11 is 0. The van der Waals surface area contributed by atoms with Crippen LogP contribution in [0.15, 0.2) is 51.9 Å². The zero-order valence-corrected chi connectivity index (χ0v) is 18.8. The first-order chi connectivity index (χ1) is 16.4. The fourth-order valence-electron chi connectivity index (χ4n) is 3.85. The summed E-state index contributed by atoms with van der Waals surface area (Å²) in [5.41, 5.74) is 0.429. The van der Waals surface area contributed by atoms with Gasteiger partial charge in [-0.25, -0.2) is 8.42 Å². The average molecular weight is 487 g/mol. The molecule has 1 aromatic heterocycles. The first-order valence-electron chi connectivity index (χ1n) is 10.6. The SMILES string of the molecule is O=[N+]([O-])c1cccc(-c2noc(CN3CCN(S(=O)(=O)c4ccc5c(c4)OCCO5)CC3)n2)c1. The van der Waals surface area contributed by atoms with E-state index < -0.39 is 14.9 Å². The lowest BCUT2D eigenvalue weighted by Crippen LogP contribution is -2.48. The number of ether oxygens (including phenoxy) is 2. The van der Waals surface area contributed by atoms with Gasteiger partial charge in [0.2, 0.25) is 21.7 Å². The van der Waals surface area contributed by atoms with Gasteiger partial charge in [-0.3, -0.25) is 15.0 Å². The van der Waals surface area contributed by atoms with Crippen molar-refractivity contribution in [3.8, 4) is 22.9 Å². The maximum atomic E-state index is 13.1. The molecule has 5 rings (SSSR count). The second kappa shape index (κ2) is 9.00. The molecule has 3 aromatic rings. The Labute approximate surface area is 194 Å². The van der Waals surface area contributed by atoms with Crippen LogP contribution in [0.5, 0.6) is 11.5 Å². The molecular formula is C21H21N5O7S. The Morgan fingerprint density at radius 1 is 1.00 bits per heavy atom. The predicted octanol–water partition coefficient (Wildman–Crippen LogP) is 1.92. The number of hydrogen-bond donors (Lipinski definition) is 0. The molecule has 0 spiro atoms. The van der Waals surface area contributed by atoms with E-state index in [1.807, 2.05) is 4.90 Å². The Morgan fingerprint density at radius 3 is 2.53 bits per heavy atom. The van der Waals surface area contributed by atoms with Gasteiger partial charge in [-0.1, -0.05) is 17.3 Å². The monoisotopic (exact) mass is 487 g/mol. The highest BCUT2D eigenvalue weighted by Gasteiger charge is 2.30. The zero-order valence-electron chi connectivity index (χ0n) is 18.0. The third kappa shape index (κ3) is 4.44. The minimum atomic E-state index is -3.67. The highest BCUT2D eigenvalue weighted by atomic mass is 32.2. The number of aromatic nitrogens is 2. The number of piperazine rings is 1. The van der Waals surface area contributed by atoms with E-state index in [9.17, 15) is 18.5 Å². The minimum Gasteiger partial charge on any atom is -0.486 e. The van der Waals surface area contributed by atoms with E-state index in [1.165, 1.54) is 28.6 Å². The lowest BCUT2D eigenvalue weighted by molar-refractivity contribution is -0.384. The first kappa shape index (κ1) is 22.3. The fraction of sp³-hybridized carbons (Fsp3) is 0.333. The molecule has 2 aliphatic heterocycles. The number of non-ortho nitro benzene ring substituents is 1. The van der Waals surface area contributed by atoms with Gasteiger partial charge in [-0.2, -0.15) is 9.29 Å². The van der Waals surface area contributed by atoms with E-state index in [0.717, 1.165) is 0 Å². The van der Waals surface area contributed by atoms with Crippen LogP contribution in [0.4, 0.5) is 5.69 Å². The van der Waals surface area contributed by atoms with Crippen molar-refractivity contribution < 1.29 is 27.3 Å². The number of sulfonamides is 1. The third-order valence-corrected chi connectivity index (χ3v) is 7.52. The lowest BCUT2D eigenvalue weighted by Gasteiger charge is -2.33. The van der Waals surface area contributed by atoms with Gasteiger partial charge in [0.05, 0.1) is 16.4 Å². The smallest absolute Gasteiger partial charge is 0.270 e. The normalized spacial score (nSPS) is 16.9. The molecule has 2 aromatic carbocycles. The zero-order chi connectivity index (χ0) is 23.7. The molecule has 1 saturated heterocycles. The van der Waals surface area contributed by atoms with Crippen molar-refractivity contribution in [3.05, 3.63) is 58.5 Å². The molecule has 13 heteroatoms. The number of rotatable bonds is 6. The molecule has 0 radical (unpaired) electrons. The van der Waals surface area contributed by atoms with Crippen molar-refractivity contribution >= 4 is 15.7 Å². The number of benzene rings is 2.